The Morgan fingerprint density at radius 3 is 1.71 bits per heavy atom. The molecule has 5 aromatic rings. The molecule has 4 atom stereocenters. The second-order valence-electron chi connectivity index (χ2n) is 10.1. The third kappa shape index (κ3) is 7.40. The van der Waals surface area contributed by atoms with E-state index in [0.29, 0.717) is 0 Å². The van der Waals surface area contributed by atoms with Crippen LogP contribution in [0.1, 0.15) is 38.7 Å². The van der Waals surface area contributed by atoms with Crippen molar-refractivity contribution in [2.24, 2.45) is 0 Å². The van der Waals surface area contributed by atoms with Gasteiger partial charge >= 0.3 is 256 Å². The van der Waals surface area contributed by atoms with Gasteiger partial charge in [-0.25, -0.2) is 0 Å². The van der Waals surface area contributed by atoms with Gasteiger partial charge in [0.05, 0.1) is 0 Å². The van der Waals surface area contributed by atoms with E-state index in [4.69, 9.17) is 0 Å². The van der Waals surface area contributed by atoms with Crippen molar-refractivity contribution in [3.63, 3.8) is 0 Å². The van der Waals surface area contributed by atoms with Crippen molar-refractivity contribution in [1.29, 1.82) is 0 Å². The Morgan fingerprint density at radius 1 is 0.585 bits per heavy atom. The van der Waals surface area contributed by atoms with Gasteiger partial charge in [-0.2, -0.15) is 0 Å². The first-order valence-corrected chi connectivity index (χ1v) is 17.6. The van der Waals surface area contributed by atoms with E-state index < -0.39 is 21.8 Å². The maximum absolute atomic E-state index is 14.1. The van der Waals surface area contributed by atoms with Gasteiger partial charge in [-0.15, -0.1) is 0 Å². The molecule has 0 saturated heterocycles. The molecule has 0 aromatic heterocycles. The fourth-order valence-corrected chi connectivity index (χ4v) is 9.92. The van der Waals surface area contributed by atoms with Crippen LogP contribution >= 0.6 is 0 Å². The zero-order valence-electron chi connectivity index (χ0n) is 23.3. The predicted molar refractivity (Wildman–Crippen MR) is 172 cm³/mol. The van der Waals surface area contributed by atoms with Crippen LogP contribution < -0.4 is 9.18 Å². The van der Waals surface area contributed by atoms with E-state index in [-0.39, 0.29) is 25.8 Å². The van der Waals surface area contributed by atoms with Gasteiger partial charge in [-0.1, -0.05) is 0 Å². The molecule has 0 saturated carbocycles. The van der Waals surface area contributed by atoms with E-state index >= 15 is 0 Å². The zero-order chi connectivity index (χ0) is 28.8. The molecule has 3 nitrogen and oxygen atoms in total. The molecule has 0 amide bonds. The Labute approximate surface area is 254 Å². The Hall–Kier alpha value is -3.12. The number of aryl methyl sites for hydroxylation is 3. The molecule has 0 fully saturated rings. The maximum atomic E-state index is 14.1. The first-order chi connectivity index (χ1) is 19.9. The van der Waals surface area contributed by atoms with E-state index in [9.17, 15) is 8.42 Å². The third-order valence-electron chi connectivity index (χ3n) is 6.87. The first kappa shape index (κ1) is 29.4. The summed E-state index contributed by atoms with van der Waals surface area (Å²) in [7, 11) is -2.82. The Bertz CT molecular complexity index is 1640. The van der Waals surface area contributed by atoms with Crippen LogP contribution in [0, 0.1) is 20.8 Å². The average Bonchev–Trinajstić information content (AvgIpc) is 3.00. The van der Waals surface area contributed by atoms with E-state index in [1.807, 2.05) is 86.6 Å². The average molecular weight is 643 g/mol. The summed E-state index contributed by atoms with van der Waals surface area (Å²) in [4.78, 5) is 2.21. The Morgan fingerprint density at radius 2 is 1.10 bits per heavy atom. The summed E-state index contributed by atoms with van der Waals surface area (Å²) in [5.41, 5.74) is 5.48. The van der Waals surface area contributed by atoms with Crippen LogP contribution in [-0.2, 0) is 21.8 Å². The summed E-state index contributed by atoms with van der Waals surface area (Å²) in [5.74, 6) is 0. The van der Waals surface area contributed by atoms with E-state index in [1.165, 1.54) is 4.46 Å². The monoisotopic (exact) mass is 643 g/mol. The van der Waals surface area contributed by atoms with Gasteiger partial charge in [0, 0.05) is 0 Å². The van der Waals surface area contributed by atoms with Crippen LogP contribution in [0.4, 0.5) is 0 Å². The van der Waals surface area contributed by atoms with Crippen molar-refractivity contribution in [3.8, 4) is 0 Å². The summed E-state index contributed by atoms with van der Waals surface area (Å²) in [6, 6.07) is 42.3. The third-order valence-corrected chi connectivity index (χ3v) is 12.3. The van der Waals surface area contributed by atoms with Crippen LogP contribution in [0.5, 0.6) is 0 Å². The Kier molecular flexibility index (Phi) is 9.81. The summed E-state index contributed by atoms with van der Waals surface area (Å²) in [6.07, 6.45) is 0. The number of rotatable bonds is 10. The molecule has 0 spiro atoms. The standard InChI is InChI=1S/C35H33NO2S2Se/c1-25-13-19-28(20-14-25)34(36-40(38)30-23-17-27(3)18-24-30)35(41-31-9-5-4-6-10-31)32-11-7-8-12-33(32)39(37)29-21-15-26(2)16-22-29/h4-24,34-36H,1-3H3/t34-,35+,39+,40+/m1/s1. The van der Waals surface area contributed by atoms with Crippen LogP contribution in [0.25, 0.3) is 0 Å². The van der Waals surface area contributed by atoms with Gasteiger partial charge in [-0.3, -0.25) is 0 Å². The number of hydrogen-bond acceptors (Lipinski definition) is 2. The van der Waals surface area contributed by atoms with Crippen molar-refractivity contribution in [1.82, 2.24) is 4.72 Å². The first-order valence-electron chi connectivity index (χ1n) is 13.5. The molecule has 0 aliphatic carbocycles. The molecule has 0 bridgehead atoms. The molecule has 0 heterocycles. The predicted octanol–water partition coefficient (Wildman–Crippen LogP) is 6.90. The fraction of sp³-hybridized carbons (Fsp3) is 0.143. The second kappa shape index (κ2) is 13.7. The minimum absolute atomic E-state index is 0.0745. The number of hydrogen-bond donors (Lipinski definition) is 1. The van der Waals surface area contributed by atoms with Crippen molar-refractivity contribution < 1.29 is 8.42 Å². The van der Waals surface area contributed by atoms with Crippen LogP contribution in [0.3, 0.4) is 0 Å². The molecular formula is C35H33NO2S2Se. The SMILES string of the molecule is Cc1ccc([C@@H](N[S@@](=O)c2ccc(C)cc2)[C@@H]([Se]c2ccccc2)c2ccccc2[S@@](=O)c2ccc(C)cc2)cc1. The fourth-order valence-electron chi connectivity index (χ4n) is 4.55. The van der Waals surface area contributed by atoms with Crippen molar-refractivity contribution >= 4 is 41.2 Å². The molecule has 41 heavy (non-hydrogen) atoms. The quantitative estimate of drug-likeness (QED) is 0.169. The van der Waals surface area contributed by atoms with Gasteiger partial charge < -0.3 is 0 Å². The topological polar surface area (TPSA) is 46.2 Å². The Balaban J connectivity index is 1.64. The van der Waals surface area contributed by atoms with E-state index in [2.05, 4.69) is 66.2 Å². The van der Waals surface area contributed by atoms with Gasteiger partial charge in [-0.05, 0) is 0 Å². The summed E-state index contributed by atoms with van der Waals surface area (Å²) < 4.78 is 32.6. The molecule has 0 aliphatic heterocycles. The van der Waals surface area contributed by atoms with Crippen LogP contribution in [-0.4, -0.2) is 23.4 Å². The molecule has 5 aromatic carbocycles. The van der Waals surface area contributed by atoms with Crippen LogP contribution in [0.2, 0.25) is 0 Å². The zero-order valence-corrected chi connectivity index (χ0v) is 26.7. The number of benzene rings is 5. The molecular weight excluding hydrogens is 609 g/mol. The van der Waals surface area contributed by atoms with Gasteiger partial charge in [0.1, 0.15) is 0 Å². The molecule has 0 radical (unpaired) electrons. The summed E-state index contributed by atoms with van der Waals surface area (Å²) in [6.45, 7) is 6.13. The van der Waals surface area contributed by atoms with Crippen molar-refractivity contribution in [3.05, 3.63) is 155 Å². The molecule has 6 heteroatoms. The van der Waals surface area contributed by atoms with E-state index in [0.717, 1.165) is 42.5 Å². The van der Waals surface area contributed by atoms with Gasteiger partial charge in [0.25, 0.3) is 0 Å². The minimum atomic E-state index is -1.45. The molecule has 1 N–H and O–H groups in total. The normalized spacial score (nSPS) is 14.2. The second-order valence-corrected chi connectivity index (χ2v) is 15.3. The van der Waals surface area contributed by atoms with Gasteiger partial charge in [0.15, 0.2) is 0 Å². The number of nitrogens with one attached hydrogen (secondary N) is 1. The van der Waals surface area contributed by atoms with Gasteiger partial charge in [0.2, 0.25) is 0 Å². The van der Waals surface area contributed by atoms with Crippen molar-refractivity contribution in [2.75, 3.05) is 0 Å². The van der Waals surface area contributed by atoms with E-state index in [1.54, 1.807) is 0 Å². The molecule has 208 valence electrons. The molecule has 0 unspecified atom stereocenters. The summed E-state index contributed by atoms with van der Waals surface area (Å²) >= 11 is -0.0745. The summed E-state index contributed by atoms with van der Waals surface area (Å²) in [5, 5.41) is 0. The van der Waals surface area contributed by atoms with Crippen molar-refractivity contribution in [2.45, 2.75) is 46.3 Å². The molecule has 5 rings (SSSR count). The molecule has 0 aliphatic rings. The van der Waals surface area contributed by atoms with Crippen LogP contribution in [0.15, 0.2) is 142 Å².